The number of hydrogen-bond acceptors (Lipinski definition) is 6. The minimum atomic E-state index is -0.623. The van der Waals surface area contributed by atoms with Gasteiger partial charge in [-0.15, -0.1) is 0 Å². The summed E-state index contributed by atoms with van der Waals surface area (Å²) < 4.78 is 5.28. The third kappa shape index (κ3) is 3.74. The van der Waals surface area contributed by atoms with Crippen molar-refractivity contribution in [2.75, 3.05) is 19.4 Å². The summed E-state index contributed by atoms with van der Waals surface area (Å²) in [7, 11) is 1.83. The zero-order valence-electron chi connectivity index (χ0n) is 13.1. The van der Waals surface area contributed by atoms with Crippen LogP contribution in [0.1, 0.15) is 31.2 Å². The van der Waals surface area contributed by atoms with E-state index in [1.165, 1.54) is 11.8 Å². The Balaban J connectivity index is 2.13. The molecule has 21 heavy (non-hydrogen) atoms. The van der Waals surface area contributed by atoms with Crippen molar-refractivity contribution in [1.29, 1.82) is 0 Å². The quantitative estimate of drug-likeness (QED) is 0.473. The number of nitrogens with zero attached hydrogens (tertiary/aromatic N) is 2. The predicted octanol–water partition coefficient (Wildman–Crippen LogP) is 2.12. The molecule has 1 aromatic rings. The van der Waals surface area contributed by atoms with E-state index in [1.807, 2.05) is 33.9 Å². The second-order valence-corrected chi connectivity index (χ2v) is 6.38. The first-order chi connectivity index (χ1) is 10.0. The normalized spacial score (nSPS) is 17.3. The Morgan fingerprint density at radius 2 is 2.05 bits per heavy atom. The molecule has 1 atom stereocenters. The molecule has 0 aromatic carbocycles. The Labute approximate surface area is 130 Å². The summed E-state index contributed by atoms with van der Waals surface area (Å²) >= 11 is 1.52. The van der Waals surface area contributed by atoms with Crippen LogP contribution in [0.3, 0.4) is 0 Å². The molecule has 0 bridgehead atoms. The van der Waals surface area contributed by atoms with Crippen LogP contribution in [0.5, 0.6) is 0 Å². The van der Waals surface area contributed by atoms with Gasteiger partial charge in [-0.05, 0) is 52.6 Å². The van der Waals surface area contributed by atoms with Gasteiger partial charge in [0.15, 0.2) is 5.16 Å². The fraction of sp³-hybridized carbons (Fsp3) is 0.667. The van der Waals surface area contributed by atoms with Gasteiger partial charge in [-0.2, -0.15) is 0 Å². The number of ether oxygens (including phenoxy) is 1. The minimum absolute atomic E-state index is 0.160. The first kappa shape index (κ1) is 16.2. The first-order valence-corrected chi connectivity index (χ1v) is 8.31. The molecule has 1 N–H and O–H groups in total. The fourth-order valence-electron chi connectivity index (χ4n) is 2.49. The highest BCUT2D eigenvalue weighted by molar-refractivity contribution is 7.99. The predicted molar refractivity (Wildman–Crippen MR) is 83.4 cm³/mol. The van der Waals surface area contributed by atoms with Crippen molar-refractivity contribution >= 4 is 17.7 Å². The van der Waals surface area contributed by atoms with E-state index in [9.17, 15) is 4.79 Å². The summed E-state index contributed by atoms with van der Waals surface area (Å²) in [6.07, 6.45) is 2.13. The van der Waals surface area contributed by atoms with E-state index in [2.05, 4.69) is 15.3 Å². The van der Waals surface area contributed by atoms with Crippen molar-refractivity contribution < 1.29 is 9.53 Å². The topological polar surface area (TPSA) is 64.1 Å². The molecule has 0 aliphatic heterocycles. The molecule has 1 fully saturated rings. The van der Waals surface area contributed by atoms with Crippen LogP contribution in [0.2, 0.25) is 0 Å². The van der Waals surface area contributed by atoms with E-state index in [0.29, 0.717) is 18.3 Å². The van der Waals surface area contributed by atoms with Crippen molar-refractivity contribution in [3.8, 4) is 0 Å². The summed E-state index contributed by atoms with van der Waals surface area (Å²) in [5.74, 6) is 0.780. The van der Waals surface area contributed by atoms with E-state index in [0.717, 1.165) is 29.4 Å². The number of thioether (sulfide) groups is 1. The number of carbonyl (C=O) groups is 1. The Morgan fingerprint density at radius 1 is 1.43 bits per heavy atom. The summed E-state index contributed by atoms with van der Waals surface area (Å²) in [5.41, 5.74) is 1.27. The van der Waals surface area contributed by atoms with Crippen LogP contribution >= 0.6 is 11.8 Å². The van der Waals surface area contributed by atoms with Gasteiger partial charge in [0, 0.05) is 17.1 Å². The minimum Gasteiger partial charge on any atom is -0.465 e. The zero-order valence-corrected chi connectivity index (χ0v) is 13.9. The van der Waals surface area contributed by atoms with Gasteiger partial charge in [-0.1, -0.05) is 11.8 Å². The summed E-state index contributed by atoms with van der Waals surface area (Å²) in [6.45, 7) is 6.15. The fourth-order valence-corrected chi connectivity index (χ4v) is 3.77. The standard InChI is InChI=1S/C15H23N3O2S/c1-5-20-13(19)15(16-4,12-6-7-12)9-21-14-17-10(2)8-11(3)18-14/h8,12,16H,5-7,9H2,1-4H3. The van der Waals surface area contributed by atoms with Gasteiger partial charge in [-0.3, -0.25) is 4.79 Å². The summed E-state index contributed by atoms with van der Waals surface area (Å²) in [5, 5.41) is 3.93. The lowest BCUT2D eigenvalue weighted by atomic mass is 9.96. The van der Waals surface area contributed by atoms with Gasteiger partial charge < -0.3 is 10.1 Å². The SMILES string of the molecule is CCOC(=O)C(CSc1nc(C)cc(C)n1)(NC)C1CC1. The van der Waals surface area contributed by atoms with Gasteiger partial charge in [0.1, 0.15) is 5.54 Å². The van der Waals surface area contributed by atoms with Gasteiger partial charge in [0.05, 0.1) is 6.61 Å². The highest BCUT2D eigenvalue weighted by Crippen LogP contribution is 2.42. The highest BCUT2D eigenvalue weighted by atomic mass is 32.2. The molecule has 1 saturated carbocycles. The number of esters is 1. The maximum atomic E-state index is 12.4. The maximum absolute atomic E-state index is 12.4. The first-order valence-electron chi connectivity index (χ1n) is 7.33. The average molecular weight is 309 g/mol. The van der Waals surface area contributed by atoms with Crippen LogP contribution in [0.25, 0.3) is 0 Å². The number of carbonyl (C=O) groups excluding carboxylic acids is 1. The molecule has 1 unspecified atom stereocenters. The van der Waals surface area contributed by atoms with Crippen LogP contribution in [0.15, 0.2) is 11.2 Å². The molecule has 2 rings (SSSR count). The van der Waals surface area contributed by atoms with Crippen molar-refractivity contribution in [2.45, 2.75) is 44.3 Å². The molecule has 116 valence electrons. The van der Waals surface area contributed by atoms with Gasteiger partial charge in [0.25, 0.3) is 0 Å². The summed E-state index contributed by atoms with van der Waals surface area (Å²) in [4.78, 5) is 21.3. The molecule has 0 spiro atoms. The molecule has 1 aromatic heterocycles. The van der Waals surface area contributed by atoms with Crippen LogP contribution in [0, 0.1) is 19.8 Å². The van der Waals surface area contributed by atoms with Crippen LogP contribution in [-0.4, -0.2) is 40.9 Å². The largest absolute Gasteiger partial charge is 0.465 e. The Morgan fingerprint density at radius 3 is 2.52 bits per heavy atom. The molecule has 1 heterocycles. The van der Waals surface area contributed by atoms with E-state index in [-0.39, 0.29) is 5.97 Å². The molecule has 6 heteroatoms. The highest BCUT2D eigenvalue weighted by Gasteiger charge is 2.51. The molecule has 1 aliphatic rings. The number of nitrogens with one attached hydrogen (secondary N) is 1. The Hall–Kier alpha value is -1.14. The van der Waals surface area contributed by atoms with E-state index in [1.54, 1.807) is 0 Å². The molecular formula is C15H23N3O2S. The van der Waals surface area contributed by atoms with Gasteiger partial charge >= 0.3 is 5.97 Å². The maximum Gasteiger partial charge on any atom is 0.327 e. The van der Waals surface area contributed by atoms with E-state index < -0.39 is 5.54 Å². The third-order valence-corrected chi connectivity index (χ3v) is 4.79. The zero-order chi connectivity index (χ0) is 15.5. The third-order valence-electron chi connectivity index (χ3n) is 3.75. The molecule has 1 aliphatic carbocycles. The smallest absolute Gasteiger partial charge is 0.327 e. The lowest BCUT2D eigenvalue weighted by molar-refractivity contribution is -0.150. The molecular weight excluding hydrogens is 286 g/mol. The second kappa shape index (κ2) is 6.75. The monoisotopic (exact) mass is 309 g/mol. The van der Waals surface area contributed by atoms with Crippen molar-refractivity contribution in [2.24, 2.45) is 5.92 Å². The number of rotatable bonds is 7. The lowest BCUT2D eigenvalue weighted by Gasteiger charge is -2.30. The number of likely N-dealkylation sites (N-methyl/N-ethyl adjacent to an activating group) is 1. The van der Waals surface area contributed by atoms with Gasteiger partial charge in [0.2, 0.25) is 0 Å². The van der Waals surface area contributed by atoms with Crippen molar-refractivity contribution in [1.82, 2.24) is 15.3 Å². The molecule has 5 nitrogen and oxygen atoms in total. The number of aryl methyl sites for hydroxylation is 2. The Bertz CT molecular complexity index is 499. The molecule has 0 radical (unpaired) electrons. The lowest BCUT2D eigenvalue weighted by Crippen LogP contribution is -2.55. The molecule has 0 saturated heterocycles. The van der Waals surface area contributed by atoms with Gasteiger partial charge in [-0.25, -0.2) is 9.97 Å². The van der Waals surface area contributed by atoms with Crippen molar-refractivity contribution in [3.63, 3.8) is 0 Å². The Kier molecular flexibility index (Phi) is 5.22. The van der Waals surface area contributed by atoms with Crippen LogP contribution in [-0.2, 0) is 9.53 Å². The number of aromatic nitrogens is 2. The van der Waals surface area contributed by atoms with Crippen molar-refractivity contribution in [3.05, 3.63) is 17.5 Å². The van der Waals surface area contributed by atoms with Crippen LogP contribution < -0.4 is 5.32 Å². The number of hydrogen-bond donors (Lipinski definition) is 1. The average Bonchev–Trinajstić information content (AvgIpc) is 3.24. The van der Waals surface area contributed by atoms with E-state index in [4.69, 9.17) is 4.74 Å². The second-order valence-electron chi connectivity index (χ2n) is 5.44. The summed E-state index contributed by atoms with van der Waals surface area (Å²) in [6, 6.07) is 1.95. The molecule has 0 amide bonds. The van der Waals surface area contributed by atoms with E-state index >= 15 is 0 Å². The van der Waals surface area contributed by atoms with Crippen LogP contribution in [0.4, 0.5) is 0 Å².